The fourth-order valence-electron chi connectivity index (χ4n) is 1.46. The van der Waals surface area contributed by atoms with E-state index in [1.54, 1.807) is 6.07 Å². The van der Waals surface area contributed by atoms with Crippen LogP contribution in [0.4, 0.5) is 4.39 Å². The Morgan fingerprint density at radius 2 is 2.00 bits per heavy atom. The number of halogens is 2. The first-order chi connectivity index (χ1) is 8.19. The minimum Gasteiger partial charge on any atom is -0.326 e. The maximum absolute atomic E-state index is 13.1. The molecule has 2 aromatic rings. The summed E-state index contributed by atoms with van der Waals surface area (Å²) in [7, 11) is 0. The highest BCUT2D eigenvalue weighted by atomic mass is 79.9. The van der Waals surface area contributed by atoms with Crippen LogP contribution in [0, 0.1) is 5.82 Å². The number of rotatable bonds is 3. The van der Waals surface area contributed by atoms with E-state index in [0.717, 1.165) is 19.8 Å². The summed E-state index contributed by atoms with van der Waals surface area (Å²) in [5.74, 6) is -0.221. The topological polar surface area (TPSA) is 26.0 Å². The third-order valence-corrected chi connectivity index (χ3v) is 3.87. The van der Waals surface area contributed by atoms with Gasteiger partial charge in [0.05, 0.1) is 0 Å². The van der Waals surface area contributed by atoms with Crippen molar-refractivity contribution in [2.24, 2.45) is 5.73 Å². The van der Waals surface area contributed by atoms with Crippen molar-refractivity contribution in [1.29, 1.82) is 0 Å². The van der Waals surface area contributed by atoms with E-state index in [1.165, 1.54) is 23.9 Å². The van der Waals surface area contributed by atoms with Crippen LogP contribution in [0.3, 0.4) is 0 Å². The lowest BCUT2D eigenvalue weighted by Crippen LogP contribution is -1.98. The van der Waals surface area contributed by atoms with Gasteiger partial charge in [0.15, 0.2) is 0 Å². The number of nitrogens with two attached hydrogens (primary N) is 1. The van der Waals surface area contributed by atoms with Gasteiger partial charge in [-0.15, -0.1) is 0 Å². The monoisotopic (exact) mass is 311 g/mol. The molecule has 0 atom stereocenters. The van der Waals surface area contributed by atoms with Gasteiger partial charge in [-0.25, -0.2) is 4.39 Å². The molecule has 0 spiro atoms. The van der Waals surface area contributed by atoms with Crippen LogP contribution >= 0.6 is 27.7 Å². The zero-order valence-corrected chi connectivity index (χ0v) is 11.4. The second-order valence-electron chi connectivity index (χ2n) is 3.52. The summed E-state index contributed by atoms with van der Waals surface area (Å²) < 4.78 is 14.1. The van der Waals surface area contributed by atoms with E-state index in [0.29, 0.717) is 6.54 Å². The summed E-state index contributed by atoms with van der Waals surface area (Å²) in [6, 6.07) is 12.5. The van der Waals surface area contributed by atoms with E-state index in [4.69, 9.17) is 5.73 Å². The van der Waals surface area contributed by atoms with Crippen LogP contribution in [-0.2, 0) is 6.54 Å². The summed E-state index contributed by atoms with van der Waals surface area (Å²) >= 11 is 4.93. The average molecular weight is 312 g/mol. The van der Waals surface area contributed by atoms with Gasteiger partial charge in [0.1, 0.15) is 5.82 Å². The van der Waals surface area contributed by atoms with Crippen LogP contribution in [0.5, 0.6) is 0 Å². The summed E-state index contributed by atoms with van der Waals surface area (Å²) in [5, 5.41) is 0. The Kier molecular flexibility index (Phi) is 4.20. The van der Waals surface area contributed by atoms with E-state index in [1.807, 2.05) is 24.3 Å². The molecule has 0 aliphatic heterocycles. The van der Waals surface area contributed by atoms with Crippen LogP contribution < -0.4 is 5.73 Å². The highest BCUT2D eigenvalue weighted by molar-refractivity contribution is 9.10. The molecule has 0 unspecified atom stereocenters. The SMILES string of the molecule is NCc1cc(Br)ccc1Sc1cccc(F)c1. The molecule has 1 nitrogen and oxygen atoms in total. The quantitative estimate of drug-likeness (QED) is 0.919. The van der Waals surface area contributed by atoms with Gasteiger partial charge in [-0.1, -0.05) is 33.8 Å². The minimum absolute atomic E-state index is 0.221. The minimum atomic E-state index is -0.221. The summed E-state index contributed by atoms with van der Waals surface area (Å²) in [6.45, 7) is 0.469. The Labute approximate surface area is 112 Å². The molecule has 17 heavy (non-hydrogen) atoms. The molecule has 0 fully saturated rings. The molecular weight excluding hydrogens is 301 g/mol. The normalized spacial score (nSPS) is 10.5. The molecule has 2 rings (SSSR count). The molecule has 88 valence electrons. The smallest absolute Gasteiger partial charge is 0.124 e. The van der Waals surface area contributed by atoms with Gasteiger partial charge in [-0.3, -0.25) is 0 Å². The van der Waals surface area contributed by atoms with Crippen LogP contribution in [0.15, 0.2) is 56.7 Å². The average Bonchev–Trinajstić information content (AvgIpc) is 2.31. The molecule has 2 aromatic carbocycles. The molecule has 0 radical (unpaired) electrons. The van der Waals surface area contributed by atoms with Gasteiger partial charge in [-0.05, 0) is 42.0 Å². The van der Waals surface area contributed by atoms with Gasteiger partial charge in [-0.2, -0.15) is 0 Å². The summed E-state index contributed by atoms with van der Waals surface area (Å²) in [5.41, 5.74) is 6.74. The molecular formula is C13H11BrFNS. The van der Waals surface area contributed by atoms with Crippen molar-refractivity contribution in [2.45, 2.75) is 16.3 Å². The molecule has 0 aromatic heterocycles. The molecule has 0 aliphatic carbocycles. The van der Waals surface area contributed by atoms with Gasteiger partial charge >= 0.3 is 0 Å². The summed E-state index contributed by atoms with van der Waals surface area (Å²) in [6.07, 6.45) is 0. The van der Waals surface area contributed by atoms with E-state index in [9.17, 15) is 4.39 Å². The largest absolute Gasteiger partial charge is 0.326 e. The number of hydrogen-bond acceptors (Lipinski definition) is 2. The van der Waals surface area contributed by atoms with Gasteiger partial charge in [0.25, 0.3) is 0 Å². The molecule has 0 saturated carbocycles. The molecule has 0 bridgehead atoms. The molecule has 4 heteroatoms. The Bertz CT molecular complexity index is 531. The maximum Gasteiger partial charge on any atom is 0.124 e. The Hall–Kier alpha value is -0.840. The lowest BCUT2D eigenvalue weighted by molar-refractivity contribution is 0.624. The molecule has 0 saturated heterocycles. The fraction of sp³-hybridized carbons (Fsp3) is 0.0769. The molecule has 0 heterocycles. The van der Waals surface area contributed by atoms with Gasteiger partial charge in [0, 0.05) is 20.8 Å². The Morgan fingerprint density at radius 3 is 2.71 bits per heavy atom. The van der Waals surface area contributed by atoms with E-state index >= 15 is 0 Å². The summed E-state index contributed by atoms with van der Waals surface area (Å²) in [4.78, 5) is 1.93. The maximum atomic E-state index is 13.1. The standard InChI is InChI=1S/C13H11BrFNS/c14-10-4-5-13(9(6-10)8-16)17-12-3-1-2-11(15)7-12/h1-7H,8,16H2. The predicted octanol–water partition coefficient (Wildman–Crippen LogP) is 4.20. The molecule has 2 N–H and O–H groups in total. The van der Waals surface area contributed by atoms with E-state index in [-0.39, 0.29) is 5.82 Å². The first-order valence-corrected chi connectivity index (χ1v) is 6.72. The second kappa shape index (κ2) is 5.67. The van der Waals surface area contributed by atoms with Crippen molar-refractivity contribution in [3.8, 4) is 0 Å². The van der Waals surface area contributed by atoms with Crippen LogP contribution in [0.1, 0.15) is 5.56 Å². The van der Waals surface area contributed by atoms with Crippen molar-refractivity contribution in [3.63, 3.8) is 0 Å². The zero-order chi connectivity index (χ0) is 12.3. The number of benzene rings is 2. The third-order valence-electron chi connectivity index (χ3n) is 2.27. The van der Waals surface area contributed by atoms with Crippen LogP contribution in [0.25, 0.3) is 0 Å². The fourth-order valence-corrected chi connectivity index (χ4v) is 2.85. The first-order valence-electron chi connectivity index (χ1n) is 5.11. The first kappa shape index (κ1) is 12.6. The van der Waals surface area contributed by atoms with Crippen molar-refractivity contribution < 1.29 is 4.39 Å². The molecule has 0 amide bonds. The van der Waals surface area contributed by atoms with E-state index < -0.39 is 0 Å². The predicted molar refractivity (Wildman–Crippen MR) is 72.6 cm³/mol. The lowest BCUT2D eigenvalue weighted by Gasteiger charge is -2.08. The van der Waals surface area contributed by atoms with Crippen molar-refractivity contribution in [2.75, 3.05) is 0 Å². The Morgan fingerprint density at radius 1 is 1.18 bits per heavy atom. The lowest BCUT2D eigenvalue weighted by atomic mass is 10.2. The molecule has 0 aliphatic rings. The van der Waals surface area contributed by atoms with Crippen molar-refractivity contribution in [1.82, 2.24) is 0 Å². The van der Waals surface area contributed by atoms with Crippen molar-refractivity contribution in [3.05, 3.63) is 58.3 Å². The van der Waals surface area contributed by atoms with E-state index in [2.05, 4.69) is 15.9 Å². The third kappa shape index (κ3) is 3.31. The van der Waals surface area contributed by atoms with Crippen LogP contribution in [-0.4, -0.2) is 0 Å². The zero-order valence-electron chi connectivity index (χ0n) is 8.99. The Balaban J connectivity index is 2.29. The highest BCUT2D eigenvalue weighted by Crippen LogP contribution is 2.32. The van der Waals surface area contributed by atoms with Gasteiger partial charge < -0.3 is 5.73 Å². The second-order valence-corrected chi connectivity index (χ2v) is 5.55. The van der Waals surface area contributed by atoms with Crippen LogP contribution in [0.2, 0.25) is 0 Å². The van der Waals surface area contributed by atoms with Crippen molar-refractivity contribution >= 4 is 27.7 Å². The van der Waals surface area contributed by atoms with Gasteiger partial charge in [0.2, 0.25) is 0 Å². The number of hydrogen-bond donors (Lipinski definition) is 1. The highest BCUT2D eigenvalue weighted by Gasteiger charge is 2.04.